The number of amides is 2. The average molecular weight is 368 g/mol. The summed E-state index contributed by atoms with van der Waals surface area (Å²) in [6, 6.07) is 11.0. The van der Waals surface area contributed by atoms with Gasteiger partial charge in [0.15, 0.2) is 12.1 Å². The van der Waals surface area contributed by atoms with Gasteiger partial charge in [-0.2, -0.15) is 5.11 Å². The van der Waals surface area contributed by atoms with Crippen LogP contribution >= 0.6 is 0 Å². The van der Waals surface area contributed by atoms with E-state index >= 15 is 0 Å². The van der Waals surface area contributed by atoms with E-state index in [0.29, 0.717) is 18.0 Å². The molecular weight excluding hydrogens is 351 g/mol. The van der Waals surface area contributed by atoms with Crippen LogP contribution in [0, 0.1) is 5.82 Å². The molecule has 138 valence electrons. The zero-order chi connectivity index (χ0) is 19.0. The average Bonchev–Trinajstić information content (AvgIpc) is 3.18. The lowest BCUT2D eigenvalue weighted by Crippen LogP contribution is -2.39. The number of rotatable bonds is 5. The van der Waals surface area contributed by atoms with E-state index in [1.54, 1.807) is 36.4 Å². The number of imide groups is 1. The van der Waals surface area contributed by atoms with Crippen LogP contribution in [0.3, 0.4) is 0 Å². The van der Waals surface area contributed by atoms with E-state index in [1.807, 2.05) is 6.92 Å². The van der Waals surface area contributed by atoms with Gasteiger partial charge in [-0.25, -0.2) is 9.29 Å². The van der Waals surface area contributed by atoms with Crippen molar-refractivity contribution in [2.45, 2.75) is 25.6 Å². The van der Waals surface area contributed by atoms with Gasteiger partial charge in [-0.05, 0) is 48.9 Å². The van der Waals surface area contributed by atoms with Gasteiger partial charge in [-0.3, -0.25) is 14.6 Å². The zero-order valence-electron chi connectivity index (χ0n) is 14.6. The summed E-state index contributed by atoms with van der Waals surface area (Å²) in [5, 5.41) is 9.45. The molecule has 0 spiro atoms. The van der Waals surface area contributed by atoms with Gasteiger partial charge in [0.2, 0.25) is 0 Å². The molecule has 7 nitrogen and oxygen atoms in total. The Kier molecular flexibility index (Phi) is 4.31. The summed E-state index contributed by atoms with van der Waals surface area (Å²) in [5.74, 6) is -0.451. The minimum atomic E-state index is -0.857. The summed E-state index contributed by atoms with van der Waals surface area (Å²) in [5.41, 5.74) is 1.25. The number of ether oxygens (including phenoxy) is 1. The maximum Gasteiger partial charge on any atom is 0.263 e. The van der Waals surface area contributed by atoms with Crippen molar-refractivity contribution in [1.29, 1.82) is 0 Å². The highest BCUT2D eigenvalue weighted by atomic mass is 19.1. The summed E-state index contributed by atoms with van der Waals surface area (Å²) in [4.78, 5) is 26.8. The highest BCUT2D eigenvalue weighted by Crippen LogP contribution is 2.33. The fourth-order valence-electron chi connectivity index (χ4n) is 3.24. The molecule has 0 radical (unpaired) electrons. The van der Waals surface area contributed by atoms with E-state index in [9.17, 15) is 14.0 Å². The Morgan fingerprint density at radius 2 is 1.74 bits per heavy atom. The number of nitrogens with zero attached hydrogens (tertiary/aromatic N) is 4. The Bertz CT molecular complexity index is 898. The van der Waals surface area contributed by atoms with Crippen LogP contribution in [-0.4, -0.2) is 35.5 Å². The lowest BCUT2D eigenvalue weighted by molar-refractivity contribution is -0.123. The van der Waals surface area contributed by atoms with E-state index in [4.69, 9.17) is 4.74 Å². The molecule has 2 aliphatic rings. The number of hydrogen-bond acceptors (Lipinski definition) is 6. The third-order valence-corrected chi connectivity index (χ3v) is 4.52. The molecule has 4 rings (SSSR count). The Morgan fingerprint density at radius 3 is 2.41 bits per heavy atom. The zero-order valence-corrected chi connectivity index (χ0v) is 14.6. The smallest absolute Gasteiger partial charge is 0.263 e. The summed E-state index contributed by atoms with van der Waals surface area (Å²) in [6.07, 6.45) is 0. The van der Waals surface area contributed by atoms with Gasteiger partial charge in [0.25, 0.3) is 11.8 Å². The number of halogens is 1. The monoisotopic (exact) mass is 368 g/mol. The topological polar surface area (TPSA) is 74.6 Å². The van der Waals surface area contributed by atoms with Crippen molar-refractivity contribution in [2.75, 3.05) is 11.5 Å². The molecule has 2 heterocycles. The predicted molar refractivity (Wildman–Crippen MR) is 94.5 cm³/mol. The van der Waals surface area contributed by atoms with Crippen LogP contribution in [0.2, 0.25) is 0 Å². The second kappa shape index (κ2) is 6.79. The third kappa shape index (κ3) is 3.03. The van der Waals surface area contributed by atoms with Crippen molar-refractivity contribution in [3.63, 3.8) is 0 Å². The first-order valence-electron chi connectivity index (χ1n) is 8.61. The first-order valence-corrected chi connectivity index (χ1v) is 8.61. The van der Waals surface area contributed by atoms with Gasteiger partial charge < -0.3 is 4.74 Å². The molecule has 0 aliphatic carbocycles. The fraction of sp³-hybridized carbons (Fsp3) is 0.263. The van der Waals surface area contributed by atoms with Crippen molar-refractivity contribution in [3.05, 3.63) is 59.9 Å². The van der Waals surface area contributed by atoms with Crippen LogP contribution in [0.25, 0.3) is 0 Å². The van der Waals surface area contributed by atoms with E-state index < -0.39 is 18.0 Å². The molecule has 0 bridgehead atoms. The summed E-state index contributed by atoms with van der Waals surface area (Å²) >= 11 is 0. The molecule has 0 saturated carbocycles. The number of hydrogen-bond donors (Lipinski definition) is 0. The molecule has 27 heavy (non-hydrogen) atoms. The molecule has 2 aromatic carbocycles. The fourth-order valence-corrected chi connectivity index (χ4v) is 3.24. The molecule has 8 heteroatoms. The third-order valence-electron chi connectivity index (χ3n) is 4.52. The molecule has 2 aromatic rings. The second-order valence-corrected chi connectivity index (χ2v) is 6.26. The van der Waals surface area contributed by atoms with Crippen LogP contribution in [0.1, 0.15) is 12.5 Å². The van der Waals surface area contributed by atoms with Crippen LogP contribution in [0.15, 0.2) is 58.9 Å². The largest absolute Gasteiger partial charge is 0.494 e. The standard InChI is InChI=1S/C19H17FN4O3/c1-2-27-15-9-7-14(8-10-15)24-18(25)16-17(19(24)26)23(22-21-16)11-12-3-5-13(20)6-4-12/h3-10,16-17H,2,11H2,1H3/t16-,17-/m1/s1. The van der Waals surface area contributed by atoms with Crippen molar-refractivity contribution >= 4 is 17.5 Å². The van der Waals surface area contributed by atoms with E-state index in [1.165, 1.54) is 17.1 Å². The second-order valence-electron chi connectivity index (χ2n) is 6.26. The quantitative estimate of drug-likeness (QED) is 0.761. The molecule has 2 atom stereocenters. The number of carbonyl (C=O) groups is 2. The molecule has 0 unspecified atom stereocenters. The molecular formula is C19H17FN4O3. The molecule has 1 saturated heterocycles. The Balaban J connectivity index is 1.55. The van der Waals surface area contributed by atoms with Gasteiger partial charge in [0, 0.05) is 0 Å². The lowest BCUT2D eigenvalue weighted by atomic mass is 10.1. The first-order chi connectivity index (χ1) is 13.1. The number of anilines is 1. The van der Waals surface area contributed by atoms with E-state index in [2.05, 4.69) is 10.3 Å². The van der Waals surface area contributed by atoms with Gasteiger partial charge >= 0.3 is 0 Å². The Hall–Kier alpha value is -3.29. The van der Waals surface area contributed by atoms with E-state index in [-0.39, 0.29) is 18.3 Å². The number of benzene rings is 2. The van der Waals surface area contributed by atoms with Gasteiger partial charge in [0.05, 0.1) is 18.8 Å². The van der Waals surface area contributed by atoms with Gasteiger partial charge in [0.1, 0.15) is 11.6 Å². The normalized spacial score (nSPS) is 21.1. The van der Waals surface area contributed by atoms with Crippen molar-refractivity contribution in [1.82, 2.24) is 5.01 Å². The molecule has 2 amide bonds. The molecule has 1 fully saturated rings. The highest BCUT2D eigenvalue weighted by molar-refractivity contribution is 6.25. The van der Waals surface area contributed by atoms with Crippen molar-refractivity contribution in [2.24, 2.45) is 10.3 Å². The SMILES string of the molecule is CCOc1ccc(N2C(=O)[C@@H]3N=NN(Cc4ccc(F)cc4)[C@H]3C2=O)cc1. The highest BCUT2D eigenvalue weighted by Gasteiger charge is 2.54. The van der Waals surface area contributed by atoms with Crippen molar-refractivity contribution in [3.8, 4) is 5.75 Å². The van der Waals surface area contributed by atoms with Crippen LogP contribution < -0.4 is 9.64 Å². The van der Waals surface area contributed by atoms with Crippen LogP contribution in [-0.2, 0) is 16.1 Å². The predicted octanol–water partition coefficient (Wildman–Crippen LogP) is 2.72. The Labute approximate surface area is 155 Å². The molecule has 0 aromatic heterocycles. The lowest BCUT2D eigenvalue weighted by Gasteiger charge is -2.20. The molecule has 2 aliphatic heterocycles. The van der Waals surface area contributed by atoms with Gasteiger partial charge in [-0.15, -0.1) is 0 Å². The minimum Gasteiger partial charge on any atom is -0.494 e. The van der Waals surface area contributed by atoms with Gasteiger partial charge in [-0.1, -0.05) is 17.4 Å². The maximum absolute atomic E-state index is 13.1. The first kappa shape index (κ1) is 17.1. The van der Waals surface area contributed by atoms with E-state index in [0.717, 1.165) is 10.5 Å². The van der Waals surface area contributed by atoms with Crippen molar-refractivity contribution < 1.29 is 18.7 Å². The summed E-state index contributed by atoms with van der Waals surface area (Å²) < 4.78 is 18.5. The minimum absolute atomic E-state index is 0.265. The van der Waals surface area contributed by atoms with Crippen LogP contribution in [0.4, 0.5) is 10.1 Å². The maximum atomic E-state index is 13.1. The number of fused-ring (bicyclic) bond motifs is 1. The summed E-state index contributed by atoms with van der Waals surface area (Å²) in [6.45, 7) is 2.67. The Morgan fingerprint density at radius 1 is 1.04 bits per heavy atom. The summed E-state index contributed by atoms with van der Waals surface area (Å²) in [7, 11) is 0. The molecule has 0 N–H and O–H groups in total. The van der Waals surface area contributed by atoms with Crippen LogP contribution in [0.5, 0.6) is 5.75 Å². The number of carbonyl (C=O) groups excluding carboxylic acids is 2.